The quantitative estimate of drug-likeness (QED) is 0.848. The molecule has 0 aliphatic rings. The van der Waals surface area contributed by atoms with Gasteiger partial charge < -0.3 is 11.1 Å². The van der Waals surface area contributed by atoms with Crippen LogP contribution in [0.1, 0.15) is 5.69 Å². The molecule has 0 spiro atoms. The topological polar surface area (TPSA) is 50.9 Å². The molecule has 0 saturated heterocycles. The van der Waals surface area contributed by atoms with Crippen molar-refractivity contribution in [2.45, 2.75) is 0 Å². The van der Waals surface area contributed by atoms with Gasteiger partial charge in [-0.3, -0.25) is 4.98 Å². The van der Waals surface area contributed by atoms with Crippen LogP contribution in [-0.4, -0.2) is 9.97 Å². The van der Waals surface area contributed by atoms with E-state index in [2.05, 4.69) is 10.3 Å². The Hall–Kier alpha value is -1.72. The van der Waals surface area contributed by atoms with Gasteiger partial charge in [-0.05, 0) is 30.3 Å². The fourth-order valence-electron chi connectivity index (χ4n) is 1.36. The minimum absolute atomic E-state index is 0.218. The molecule has 0 aliphatic carbocycles. The van der Waals surface area contributed by atoms with E-state index in [9.17, 15) is 4.39 Å². The molecule has 0 atom stereocenters. The summed E-state index contributed by atoms with van der Waals surface area (Å²) in [7, 11) is 0. The summed E-state index contributed by atoms with van der Waals surface area (Å²) in [6, 6.07) is 7.64. The van der Waals surface area contributed by atoms with Gasteiger partial charge in [-0.15, -0.1) is 0 Å². The van der Waals surface area contributed by atoms with Crippen LogP contribution in [0.15, 0.2) is 36.5 Å². The summed E-state index contributed by atoms with van der Waals surface area (Å²) in [6.45, 7) is 0. The molecule has 1 aromatic heterocycles. The second-order valence-corrected chi connectivity index (χ2v) is 4.42. The average Bonchev–Trinajstić information content (AvgIpc) is 2.34. The zero-order chi connectivity index (χ0) is 13.1. The number of nitrogens with one attached hydrogen (secondary N) is 1. The number of thiocarbonyl (C=S) groups is 1. The van der Waals surface area contributed by atoms with E-state index in [-0.39, 0.29) is 10.7 Å². The van der Waals surface area contributed by atoms with Gasteiger partial charge in [0.15, 0.2) is 0 Å². The summed E-state index contributed by atoms with van der Waals surface area (Å²) < 4.78 is 13.5. The number of nitrogens with two attached hydrogens (primary N) is 1. The maximum Gasteiger partial charge on any atom is 0.146 e. The van der Waals surface area contributed by atoms with E-state index in [4.69, 9.17) is 29.6 Å². The average molecular weight is 282 g/mol. The molecule has 3 nitrogen and oxygen atoms in total. The number of halogens is 2. The zero-order valence-electron chi connectivity index (χ0n) is 9.15. The molecule has 0 aliphatic heterocycles. The maximum atomic E-state index is 13.5. The van der Waals surface area contributed by atoms with E-state index in [1.165, 1.54) is 24.4 Å². The van der Waals surface area contributed by atoms with Crippen LogP contribution >= 0.6 is 23.8 Å². The molecule has 3 N–H and O–H groups in total. The Morgan fingerprint density at radius 2 is 2.11 bits per heavy atom. The van der Waals surface area contributed by atoms with Crippen LogP contribution in [0, 0.1) is 5.82 Å². The van der Waals surface area contributed by atoms with E-state index >= 15 is 0 Å². The lowest BCUT2D eigenvalue weighted by molar-refractivity contribution is 0.632. The predicted octanol–water partition coefficient (Wildman–Crippen LogP) is 3.25. The summed E-state index contributed by atoms with van der Waals surface area (Å²) in [6.07, 6.45) is 1.52. The second kappa shape index (κ2) is 5.29. The fourth-order valence-corrected chi connectivity index (χ4v) is 1.66. The van der Waals surface area contributed by atoms with Gasteiger partial charge in [0.1, 0.15) is 10.8 Å². The molecule has 18 heavy (non-hydrogen) atoms. The smallest absolute Gasteiger partial charge is 0.146 e. The molecule has 0 bridgehead atoms. The van der Waals surface area contributed by atoms with Crippen molar-refractivity contribution in [3.8, 4) is 0 Å². The number of nitrogens with zero attached hydrogens (tertiary/aromatic N) is 1. The molecule has 0 amide bonds. The summed E-state index contributed by atoms with van der Waals surface area (Å²) in [5, 5.41) is 3.32. The first-order chi connectivity index (χ1) is 8.56. The van der Waals surface area contributed by atoms with Gasteiger partial charge in [0.05, 0.1) is 23.3 Å². The second-order valence-electron chi connectivity index (χ2n) is 3.55. The molecule has 92 valence electrons. The van der Waals surface area contributed by atoms with Crippen molar-refractivity contribution in [1.29, 1.82) is 0 Å². The number of rotatable bonds is 3. The highest BCUT2D eigenvalue weighted by molar-refractivity contribution is 7.80. The highest BCUT2D eigenvalue weighted by Gasteiger charge is 2.04. The first-order valence-corrected chi connectivity index (χ1v) is 5.83. The molecule has 2 aromatic rings. The van der Waals surface area contributed by atoms with E-state index in [0.29, 0.717) is 16.4 Å². The maximum absolute atomic E-state index is 13.5. The Bertz CT molecular complexity index is 586. The van der Waals surface area contributed by atoms with Gasteiger partial charge >= 0.3 is 0 Å². The van der Waals surface area contributed by atoms with Crippen molar-refractivity contribution in [2.24, 2.45) is 5.73 Å². The van der Waals surface area contributed by atoms with Crippen LogP contribution in [0.25, 0.3) is 0 Å². The molecule has 1 aromatic carbocycles. The number of anilines is 2. The van der Waals surface area contributed by atoms with Gasteiger partial charge in [0.2, 0.25) is 0 Å². The lowest BCUT2D eigenvalue weighted by Gasteiger charge is -2.08. The highest BCUT2D eigenvalue weighted by Crippen LogP contribution is 2.23. The highest BCUT2D eigenvalue weighted by atomic mass is 35.5. The zero-order valence-corrected chi connectivity index (χ0v) is 10.7. The Morgan fingerprint density at radius 3 is 2.72 bits per heavy atom. The van der Waals surface area contributed by atoms with Crippen LogP contribution in [0.3, 0.4) is 0 Å². The van der Waals surface area contributed by atoms with Gasteiger partial charge in [-0.1, -0.05) is 23.8 Å². The Labute approximate surface area is 114 Å². The minimum Gasteiger partial charge on any atom is -0.388 e. The summed E-state index contributed by atoms with van der Waals surface area (Å²) in [4.78, 5) is 4.26. The molecule has 2 rings (SSSR count). The third kappa shape index (κ3) is 2.94. The number of pyridine rings is 1. The van der Waals surface area contributed by atoms with Crippen molar-refractivity contribution in [3.63, 3.8) is 0 Å². The van der Waals surface area contributed by atoms with Crippen molar-refractivity contribution >= 4 is 40.2 Å². The molecule has 0 unspecified atom stereocenters. The lowest BCUT2D eigenvalue weighted by Crippen LogP contribution is -2.11. The van der Waals surface area contributed by atoms with E-state index in [1.807, 2.05) is 0 Å². The fraction of sp³-hybridized carbons (Fsp3) is 0. The monoisotopic (exact) mass is 281 g/mol. The van der Waals surface area contributed by atoms with Gasteiger partial charge in [-0.2, -0.15) is 0 Å². The van der Waals surface area contributed by atoms with Crippen molar-refractivity contribution in [2.75, 3.05) is 5.32 Å². The van der Waals surface area contributed by atoms with Gasteiger partial charge in [0.25, 0.3) is 0 Å². The Kier molecular flexibility index (Phi) is 3.74. The Morgan fingerprint density at radius 1 is 1.33 bits per heavy atom. The molecule has 0 saturated carbocycles. The van der Waals surface area contributed by atoms with E-state index < -0.39 is 5.82 Å². The van der Waals surface area contributed by atoms with Crippen LogP contribution in [-0.2, 0) is 0 Å². The van der Waals surface area contributed by atoms with Crippen LogP contribution < -0.4 is 11.1 Å². The standard InChI is InChI=1S/C12H9ClFN3S/c13-7-1-3-9(14)11(5-7)17-8-2-4-10(12(15)18)16-6-8/h1-6,17H,(H2,15,18). The minimum atomic E-state index is -0.391. The van der Waals surface area contributed by atoms with Crippen LogP contribution in [0.5, 0.6) is 0 Å². The van der Waals surface area contributed by atoms with Crippen LogP contribution in [0.2, 0.25) is 5.02 Å². The number of benzene rings is 1. The van der Waals surface area contributed by atoms with Crippen molar-refractivity contribution in [3.05, 3.63) is 53.1 Å². The molecule has 0 fully saturated rings. The largest absolute Gasteiger partial charge is 0.388 e. The molecule has 6 heteroatoms. The number of hydrogen-bond donors (Lipinski definition) is 2. The molecule has 0 radical (unpaired) electrons. The summed E-state index contributed by atoms with van der Waals surface area (Å²) >= 11 is 10.6. The number of hydrogen-bond acceptors (Lipinski definition) is 3. The van der Waals surface area contributed by atoms with E-state index in [1.54, 1.807) is 12.1 Å². The summed E-state index contributed by atoms with van der Waals surface area (Å²) in [5.41, 5.74) is 6.85. The van der Waals surface area contributed by atoms with Crippen LogP contribution in [0.4, 0.5) is 15.8 Å². The first kappa shape index (κ1) is 12.7. The number of aromatic nitrogens is 1. The first-order valence-electron chi connectivity index (χ1n) is 5.04. The molecular formula is C12H9ClFN3S. The molecular weight excluding hydrogens is 273 g/mol. The Balaban J connectivity index is 2.23. The summed E-state index contributed by atoms with van der Waals surface area (Å²) in [5.74, 6) is -0.391. The lowest BCUT2D eigenvalue weighted by atomic mass is 10.2. The van der Waals surface area contributed by atoms with Crippen molar-refractivity contribution < 1.29 is 4.39 Å². The van der Waals surface area contributed by atoms with E-state index in [0.717, 1.165) is 0 Å². The molecule has 1 heterocycles. The van der Waals surface area contributed by atoms with Gasteiger partial charge in [0, 0.05) is 5.02 Å². The SMILES string of the molecule is NC(=S)c1ccc(Nc2cc(Cl)ccc2F)cn1. The van der Waals surface area contributed by atoms with Gasteiger partial charge in [-0.25, -0.2) is 4.39 Å². The third-order valence-electron chi connectivity index (χ3n) is 2.22. The van der Waals surface area contributed by atoms with Crippen molar-refractivity contribution in [1.82, 2.24) is 4.98 Å². The normalized spacial score (nSPS) is 10.1. The third-order valence-corrected chi connectivity index (χ3v) is 2.67. The predicted molar refractivity (Wildman–Crippen MR) is 74.8 cm³/mol.